The highest BCUT2D eigenvalue weighted by molar-refractivity contribution is 7.90. The molecular weight excluding hydrogens is 240 g/mol. The SMILES string of the molecule is CC(C)C(CCN)NS(=O)(=O)C1CCOCC1. The summed E-state index contributed by atoms with van der Waals surface area (Å²) in [5.74, 6) is 0.258. The molecule has 1 aliphatic rings. The standard InChI is InChI=1S/C11H24N2O3S/c1-9(2)11(3-6-12)13-17(14,15)10-4-7-16-8-5-10/h9-11,13H,3-8,12H2,1-2H3. The lowest BCUT2D eigenvalue weighted by molar-refractivity contribution is 0.0980. The van der Waals surface area contributed by atoms with E-state index in [4.69, 9.17) is 10.5 Å². The van der Waals surface area contributed by atoms with Gasteiger partial charge in [0, 0.05) is 19.3 Å². The second-order valence-electron chi connectivity index (χ2n) is 4.90. The van der Waals surface area contributed by atoms with Crippen molar-refractivity contribution in [3.63, 3.8) is 0 Å². The van der Waals surface area contributed by atoms with E-state index in [0.717, 1.165) is 0 Å². The Morgan fingerprint density at radius 2 is 1.94 bits per heavy atom. The molecule has 0 spiro atoms. The quantitative estimate of drug-likeness (QED) is 0.730. The molecule has 6 heteroatoms. The molecule has 17 heavy (non-hydrogen) atoms. The molecule has 1 atom stereocenters. The third kappa shape index (κ3) is 4.54. The first kappa shape index (κ1) is 14.9. The molecule has 3 N–H and O–H groups in total. The summed E-state index contributed by atoms with van der Waals surface area (Å²) in [6.45, 7) is 5.59. The minimum Gasteiger partial charge on any atom is -0.381 e. The minimum absolute atomic E-state index is 0.0622. The Morgan fingerprint density at radius 3 is 2.41 bits per heavy atom. The van der Waals surface area contributed by atoms with Gasteiger partial charge in [-0.1, -0.05) is 13.8 Å². The monoisotopic (exact) mass is 264 g/mol. The summed E-state index contributed by atoms with van der Waals surface area (Å²) in [5.41, 5.74) is 5.51. The van der Waals surface area contributed by atoms with Gasteiger partial charge in [0.1, 0.15) is 0 Å². The van der Waals surface area contributed by atoms with E-state index in [2.05, 4.69) is 4.72 Å². The molecule has 1 aliphatic heterocycles. The molecule has 0 radical (unpaired) electrons. The van der Waals surface area contributed by atoms with Crippen molar-refractivity contribution in [1.29, 1.82) is 0 Å². The maximum Gasteiger partial charge on any atom is 0.214 e. The van der Waals surface area contributed by atoms with Gasteiger partial charge in [-0.25, -0.2) is 13.1 Å². The molecule has 1 saturated heterocycles. The van der Waals surface area contributed by atoms with Gasteiger partial charge in [-0.05, 0) is 31.7 Å². The summed E-state index contributed by atoms with van der Waals surface area (Å²) in [6.07, 6.45) is 1.85. The van der Waals surface area contributed by atoms with Crippen LogP contribution < -0.4 is 10.5 Å². The lowest BCUT2D eigenvalue weighted by atomic mass is 10.0. The number of hydrogen-bond acceptors (Lipinski definition) is 4. The number of sulfonamides is 1. The predicted octanol–water partition coefficient (Wildman–Crippen LogP) is 0.458. The first-order valence-corrected chi connectivity index (χ1v) is 7.81. The van der Waals surface area contributed by atoms with Gasteiger partial charge in [0.2, 0.25) is 10.0 Å². The van der Waals surface area contributed by atoms with E-state index < -0.39 is 10.0 Å². The van der Waals surface area contributed by atoms with Gasteiger partial charge in [0.25, 0.3) is 0 Å². The van der Waals surface area contributed by atoms with Gasteiger partial charge >= 0.3 is 0 Å². The van der Waals surface area contributed by atoms with Crippen molar-refractivity contribution in [3.05, 3.63) is 0 Å². The molecular formula is C11H24N2O3S. The van der Waals surface area contributed by atoms with Gasteiger partial charge in [0.05, 0.1) is 5.25 Å². The van der Waals surface area contributed by atoms with E-state index in [-0.39, 0.29) is 17.2 Å². The second-order valence-corrected chi connectivity index (χ2v) is 6.89. The molecule has 1 fully saturated rings. The number of nitrogens with two attached hydrogens (primary N) is 1. The smallest absolute Gasteiger partial charge is 0.214 e. The molecule has 5 nitrogen and oxygen atoms in total. The summed E-state index contributed by atoms with van der Waals surface area (Å²) >= 11 is 0. The maximum absolute atomic E-state index is 12.2. The fourth-order valence-electron chi connectivity index (χ4n) is 2.00. The zero-order valence-electron chi connectivity index (χ0n) is 10.7. The van der Waals surface area contributed by atoms with Crippen molar-refractivity contribution in [2.24, 2.45) is 11.7 Å². The van der Waals surface area contributed by atoms with Crippen LogP contribution in [0.1, 0.15) is 33.1 Å². The molecule has 0 aromatic carbocycles. The predicted molar refractivity (Wildman–Crippen MR) is 68.2 cm³/mol. The van der Waals surface area contributed by atoms with Gasteiger partial charge in [0.15, 0.2) is 0 Å². The zero-order valence-corrected chi connectivity index (χ0v) is 11.5. The molecule has 0 amide bonds. The lowest BCUT2D eigenvalue weighted by Crippen LogP contribution is -2.45. The van der Waals surface area contributed by atoms with Crippen LogP contribution >= 0.6 is 0 Å². The van der Waals surface area contributed by atoms with Gasteiger partial charge in [-0.2, -0.15) is 0 Å². The summed E-state index contributed by atoms with van der Waals surface area (Å²) in [4.78, 5) is 0. The van der Waals surface area contributed by atoms with Crippen molar-refractivity contribution in [2.45, 2.75) is 44.4 Å². The van der Waals surface area contributed by atoms with E-state index >= 15 is 0 Å². The van der Waals surface area contributed by atoms with Crippen LogP contribution in [-0.4, -0.2) is 39.5 Å². The fourth-order valence-corrected chi connectivity index (χ4v) is 3.82. The number of ether oxygens (including phenoxy) is 1. The van der Waals surface area contributed by atoms with E-state index in [9.17, 15) is 8.42 Å². The third-order valence-electron chi connectivity index (χ3n) is 3.21. The highest BCUT2D eigenvalue weighted by Crippen LogP contribution is 2.17. The van der Waals surface area contributed by atoms with Gasteiger partial charge < -0.3 is 10.5 Å². The second kappa shape index (κ2) is 6.68. The summed E-state index contributed by atoms with van der Waals surface area (Å²) in [7, 11) is -3.24. The maximum atomic E-state index is 12.2. The molecule has 0 aliphatic carbocycles. The number of rotatable bonds is 6. The first-order valence-electron chi connectivity index (χ1n) is 6.26. The van der Waals surface area contributed by atoms with Crippen molar-refractivity contribution in [2.75, 3.05) is 19.8 Å². The van der Waals surface area contributed by atoms with Crippen LogP contribution in [-0.2, 0) is 14.8 Å². The third-order valence-corrected chi connectivity index (χ3v) is 5.19. The normalized spacial score (nSPS) is 20.7. The highest BCUT2D eigenvalue weighted by Gasteiger charge is 2.30. The molecule has 1 heterocycles. The van der Waals surface area contributed by atoms with E-state index in [1.807, 2.05) is 13.8 Å². The van der Waals surface area contributed by atoms with Crippen LogP contribution in [0.3, 0.4) is 0 Å². The van der Waals surface area contributed by atoms with Crippen LogP contribution in [0, 0.1) is 5.92 Å². The average Bonchev–Trinajstić information content (AvgIpc) is 2.29. The summed E-state index contributed by atoms with van der Waals surface area (Å²) in [5, 5.41) is -0.310. The molecule has 0 aromatic heterocycles. The van der Waals surface area contributed by atoms with E-state index in [1.165, 1.54) is 0 Å². The Labute approximate surface area is 104 Å². The van der Waals surface area contributed by atoms with E-state index in [0.29, 0.717) is 39.0 Å². The first-order chi connectivity index (χ1) is 7.97. The fraction of sp³-hybridized carbons (Fsp3) is 1.00. The lowest BCUT2D eigenvalue weighted by Gasteiger charge is -2.27. The molecule has 0 bridgehead atoms. The topological polar surface area (TPSA) is 81.4 Å². The molecule has 1 rings (SSSR count). The Balaban J connectivity index is 2.62. The molecule has 102 valence electrons. The van der Waals surface area contributed by atoms with Crippen molar-refractivity contribution >= 4 is 10.0 Å². The molecule has 0 saturated carbocycles. The Kier molecular flexibility index (Phi) is 5.85. The average molecular weight is 264 g/mol. The van der Waals surface area contributed by atoms with Crippen LogP contribution in [0.2, 0.25) is 0 Å². The molecule has 1 unspecified atom stereocenters. The van der Waals surface area contributed by atoms with Crippen molar-refractivity contribution < 1.29 is 13.2 Å². The summed E-state index contributed by atoms with van der Waals surface area (Å²) in [6, 6.07) is -0.0622. The Morgan fingerprint density at radius 1 is 1.35 bits per heavy atom. The van der Waals surface area contributed by atoms with Crippen molar-refractivity contribution in [3.8, 4) is 0 Å². The van der Waals surface area contributed by atoms with Crippen LogP contribution in [0.25, 0.3) is 0 Å². The molecule has 0 aromatic rings. The van der Waals surface area contributed by atoms with Crippen LogP contribution in [0.15, 0.2) is 0 Å². The minimum atomic E-state index is -3.24. The number of hydrogen-bond donors (Lipinski definition) is 2. The Hall–Kier alpha value is -0.170. The van der Waals surface area contributed by atoms with Crippen LogP contribution in [0.4, 0.5) is 0 Å². The van der Waals surface area contributed by atoms with Gasteiger partial charge in [-0.15, -0.1) is 0 Å². The largest absolute Gasteiger partial charge is 0.381 e. The van der Waals surface area contributed by atoms with Gasteiger partial charge in [-0.3, -0.25) is 0 Å². The number of nitrogens with one attached hydrogen (secondary N) is 1. The summed E-state index contributed by atoms with van der Waals surface area (Å²) < 4.78 is 32.3. The highest BCUT2D eigenvalue weighted by atomic mass is 32.2. The van der Waals surface area contributed by atoms with E-state index in [1.54, 1.807) is 0 Å². The Bertz CT molecular complexity index is 311. The zero-order chi connectivity index (χ0) is 12.9. The van der Waals surface area contributed by atoms with Crippen molar-refractivity contribution in [1.82, 2.24) is 4.72 Å². The van der Waals surface area contributed by atoms with Crippen LogP contribution in [0.5, 0.6) is 0 Å².